The SMILES string of the molecule is Cc1cnn(C)c1C(=N)/C=C\C(=N)CC1CC2(CCN(CCC(C)(C)C)CC2)C1. The van der Waals surface area contributed by atoms with Crippen molar-refractivity contribution >= 4 is 11.4 Å². The monoisotopic (exact) mass is 397 g/mol. The maximum absolute atomic E-state index is 8.32. The first kappa shape index (κ1) is 21.9. The van der Waals surface area contributed by atoms with Crippen LogP contribution in [0.4, 0.5) is 0 Å². The normalized spacial score (nSPS) is 20.3. The number of nitrogens with zero attached hydrogens (tertiary/aromatic N) is 3. The second-order valence-electron chi connectivity index (χ2n) is 10.7. The third-order valence-corrected chi connectivity index (χ3v) is 6.87. The van der Waals surface area contributed by atoms with E-state index in [2.05, 4.69) is 30.8 Å². The first-order valence-electron chi connectivity index (χ1n) is 11.1. The van der Waals surface area contributed by atoms with Crippen molar-refractivity contribution in [1.82, 2.24) is 14.7 Å². The third-order valence-electron chi connectivity index (χ3n) is 6.87. The van der Waals surface area contributed by atoms with E-state index in [0.29, 0.717) is 28.2 Å². The second-order valence-corrected chi connectivity index (χ2v) is 10.7. The largest absolute Gasteiger partial charge is 0.305 e. The van der Waals surface area contributed by atoms with Crippen molar-refractivity contribution < 1.29 is 0 Å². The van der Waals surface area contributed by atoms with Crippen LogP contribution in [0.1, 0.15) is 70.6 Å². The number of aromatic nitrogens is 2. The standard InChI is InChI=1S/C24H39N5/c1-18-17-27-28(5)22(18)21(26)7-6-20(25)14-19-15-24(16-19)9-12-29(13-10-24)11-8-23(2,3)4/h6-7,17,19,25-26H,8-16H2,1-5H3/b7-6-,25-20?,26-21?. The van der Waals surface area contributed by atoms with E-state index < -0.39 is 0 Å². The lowest BCUT2D eigenvalue weighted by Gasteiger charge is -2.52. The molecule has 1 aromatic heterocycles. The minimum atomic E-state index is 0.427. The van der Waals surface area contributed by atoms with Gasteiger partial charge in [-0.15, -0.1) is 0 Å². The second kappa shape index (κ2) is 8.55. The van der Waals surface area contributed by atoms with Gasteiger partial charge in [0, 0.05) is 12.8 Å². The molecule has 2 fully saturated rings. The summed E-state index contributed by atoms with van der Waals surface area (Å²) in [4.78, 5) is 2.65. The molecule has 5 heteroatoms. The van der Waals surface area contributed by atoms with Gasteiger partial charge in [0.1, 0.15) is 0 Å². The molecule has 1 aliphatic carbocycles. The number of piperidine rings is 1. The quantitative estimate of drug-likeness (QED) is 0.636. The Morgan fingerprint density at radius 3 is 2.41 bits per heavy atom. The fourth-order valence-electron chi connectivity index (χ4n) is 5.04. The molecular formula is C24H39N5. The van der Waals surface area contributed by atoms with Crippen LogP contribution in [0.3, 0.4) is 0 Å². The zero-order valence-electron chi connectivity index (χ0n) is 19.0. The minimum Gasteiger partial charge on any atom is -0.305 e. The van der Waals surface area contributed by atoms with E-state index in [-0.39, 0.29) is 0 Å². The summed E-state index contributed by atoms with van der Waals surface area (Å²) in [5.41, 5.74) is 3.90. The van der Waals surface area contributed by atoms with E-state index in [0.717, 1.165) is 17.7 Å². The highest BCUT2D eigenvalue weighted by Crippen LogP contribution is 2.53. The summed E-state index contributed by atoms with van der Waals surface area (Å²) in [6.07, 6.45) is 12.7. The molecule has 0 aromatic carbocycles. The lowest BCUT2D eigenvalue weighted by molar-refractivity contribution is -0.0120. The van der Waals surface area contributed by atoms with Crippen LogP contribution in [0.5, 0.6) is 0 Å². The van der Waals surface area contributed by atoms with Crippen LogP contribution in [0.2, 0.25) is 0 Å². The fraction of sp³-hybridized carbons (Fsp3) is 0.708. The molecular weight excluding hydrogens is 358 g/mol. The number of aryl methyl sites for hydroxylation is 2. The molecule has 3 rings (SSSR count). The van der Waals surface area contributed by atoms with Gasteiger partial charge in [-0.3, -0.25) is 10.1 Å². The molecule has 2 heterocycles. The van der Waals surface area contributed by atoms with Crippen LogP contribution in [0.25, 0.3) is 0 Å². The maximum Gasteiger partial charge on any atom is 0.0885 e. The Kier molecular flexibility index (Phi) is 6.47. The van der Waals surface area contributed by atoms with Crippen molar-refractivity contribution in [3.05, 3.63) is 29.6 Å². The van der Waals surface area contributed by atoms with E-state index in [4.69, 9.17) is 10.8 Å². The Morgan fingerprint density at radius 2 is 1.86 bits per heavy atom. The minimum absolute atomic E-state index is 0.427. The zero-order valence-corrected chi connectivity index (χ0v) is 19.0. The van der Waals surface area contributed by atoms with Crippen molar-refractivity contribution in [2.45, 2.75) is 66.2 Å². The van der Waals surface area contributed by atoms with Gasteiger partial charge in [-0.1, -0.05) is 20.8 Å². The molecule has 1 aromatic rings. The predicted molar refractivity (Wildman–Crippen MR) is 121 cm³/mol. The van der Waals surface area contributed by atoms with Gasteiger partial charge < -0.3 is 10.3 Å². The molecule has 0 atom stereocenters. The van der Waals surface area contributed by atoms with Crippen LogP contribution in [0, 0.1) is 34.5 Å². The summed E-state index contributed by atoms with van der Waals surface area (Å²) in [7, 11) is 1.86. The molecule has 0 amide bonds. The van der Waals surface area contributed by atoms with Crippen LogP contribution < -0.4 is 0 Å². The molecule has 5 nitrogen and oxygen atoms in total. The van der Waals surface area contributed by atoms with Gasteiger partial charge in [0.25, 0.3) is 0 Å². The Hall–Kier alpha value is -1.75. The van der Waals surface area contributed by atoms with Crippen LogP contribution in [0.15, 0.2) is 18.3 Å². The molecule has 1 saturated heterocycles. The van der Waals surface area contributed by atoms with Gasteiger partial charge in [-0.25, -0.2) is 0 Å². The Morgan fingerprint density at radius 1 is 1.21 bits per heavy atom. The zero-order chi connectivity index (χ0) is 21.2. The molecule has 160 valence electrons. The van der Waals surface area contributed by atoms with Crippen LogP contribution >= 0.6 is 0 Å². The highest BCUT2D eigenvalue weighted by molar-refractivity contribution is 6.09. The smallest absolute Gasteiger partial charge is 0.0885 e. The maximum atomic E-state index is 8.32. The summed E-state index contributed by atoms with van der Waals surface area (Å²) in [5, 5.41) is 20.8. The predicted octanol–water partition coefficient (Wildman–Crippen LogP) is 4.99. The van der Waals surface area contributed by atoms with Gasteiger partial charge in [-0.2, -0.15) is 5.10 Å². The molecule has 29 heavy (non-hydrogen) atoms. The van der Waals surface area contributed by atoms with Crippen molar-refractivity contribution in [3.8, 4) is 0 Å². The van der Waals surface area contributed by atoms with Gasteiger partial charge >= 0.3 is 0 Å². The Bertz CT molecular complexity index is 744. The average molecular weight is 398 g/mol. The number of allylic oxidation sites excluding steroid dienone is 2. The van der Waals surface area contributed by atoms with Crippen molar-refractivity contribution in [1.29, 1.82) is 10.8 Å². The van der Waals surface area contributed by atoms with Crippen molar-refractivity contribution in [2.24, 2.45) is 23.8 Å². The third kappa shape index (κ3) is 5.65. The number of likely N-dealkylation sites (tertiary alicyclic amines) is 1. The first-order valence-corrected chi connectivity index (χ1v) is 11.1. The lowest BCUT2D eigenvalue weighted by Crippen LogP contribution is -2.47. The number of hydrogen-bond donors (Lipinski definition) is 2. The highest BCUT2D eigenvalue weighted by Gasteiger charge is 2.45. The fourth-order valence-corrected chi connectivity index (χ4v) is 5.04. The van der Waals surface area contributed by atoms with E-state index in [1.807, 2.05) is 20.0 Å². The van der Waals surface area contributed by atoms with E-state index >= 15 is 0 Å². The van der Waals surface area contributed by atoms with Crippen LogP contribution in [-0.4, -0.2) is 45.7 Å². The summed E-state index contributed by atoms with van der Waals surface area (Å²) in [6.45, 7) is 12.7. The summed E-state index contributed by atoms with van der Waals surface area (Å²) in [5.74, 6) is 0.654. The molecule has 1 spiro atoms. The van der Waals surface area contributed by atoms with Gasteiger partial charge in [0.15, 0.2) is 0 Å². The molecule has 1 saturated carbocycles. The molecule has 2 aliphatic rings. The van der Waals surface area contributed by atoms with E-state index in [9.17, 15) is 0 Å². The summed E-state index contributed by atoms with van der Waals surface area (Å²) in [6, 6.07) is 0. The molecule has 1 aliphatic heterocycles. The number of rotatable bonds is 7. The molecule has 0 unspecified atom stereocenters. The molecule has 0 radical (unpaired) electrons. The summed E-state index contributed by atoms with van der Waals surface area (Å²) < 4.78 is 1.73. The van der Waals surface area contributed by atoms with Gasteiger partial charge in [-0.05, 0) is 99.5 Å². The number of nitrogens with one attached hydrogen (secondary N) is 2. The van der Waals surface area contributed by atoms with Gasteiger partial charge in [0.05, 0.1) is 17.6 Å². The summed E-state index contributed by atoms with van der Waals surface area (Å²) >= 11 is 0. The molecule has 2 N–H and O–H groups in total. The number of hydrogen-bond acceptors (Lipinski definition) is 4. The van der Waals surface area contributed by atoms with Gasteiger partial charge in [0.2, 0.25) is 0 Å². The first-order chi connectivity index (χ1) is 13.6. The lowest BCUT2D eigenvalue weighted by atomic mass is 9.56. The Labute approximate surface area is 176 Å². The van der Waals surface area contributed by atoms with E-state index in [1.165, 1.54) is 51.7 Å². The van der Waals surface area contributed by atoms with Crippen LogP contribution in [-0.2, 0) is 7.05 Å². The average Bonchev–Trinajstić information content (AvgIpc) is 2.95. The topological polar surface area (TPSA) is 68.8 Å². The molecule has 0 bridgehead atoms. The van der Waals surface area contributed by atoms with Crippen molar-refractivity contribution in [2.75, 3.05) is 19.6 Å². The Balaban J connectivity index is 1.40. The van der Waals surface area contributed by atoms with E-state index in [1.54, 1.807) is 17.0 Å². The highest BCUT2D eigenvalue weighted by atomic mass is 15.3. The van der Waals surface area contributed by atoms with Crippen molar-refractivity contribution in [3.63, 3.8) is 0 Å².